The first kappa shape index (κ1) is 15.1. The standard InChI is InChI=1S/C19H21N3O2/c1-24-18(23)16-8-9-17(22-21-16)20-12-14-11-19(14)10-4-6-13-5-2-3-7-15(13)19/h2-3,5,7-9,14H,4,6,10-12H2,1H3,(H,20,22). The Bertz CT molecular complexity index is 759. The number of aryl methyl sites for hydroxylation is 1. The van der Waals surface area contributed by atoms with Gasteiger partial charge in [-0.25, -0.2) is 4.79 Å². The Kier molecular flexibility index (Phi) is 3.71. The highest BCUT2D eigenvalue weighted by atomic mass is 16.5. The first-order chi connectivity index (χ1) is 11.7. The Morgan fingerprint density at radius 1 is 1.29 bits per heavy atom. The lowest BCUT2D eigenvalue weighted by Crippen LogP contribution is -2.21. The Balaban J connectivity index is 1.41. The van der Waals surface area contributed by atoms with E-state index in [-0.39, 0.29) is 5.69 Å². The smallest absolute Gasteiger partial charge is 0.358 e. The molecule has 0 saturated heterocycles. The number of rotatable bonds is 4. The van der Waals surface area contributed by atoms with Crippen LogP contribution in [0.15, 0.2) is 36.4 Å². The molecule has 0 bridgehead atoms. The maximum absolute atomic E-state index is 11.4. The molecule has 4 rings (SSSR count). The molecule has 1 N–H and O–H groups in total. The average Bonchev–Trinajstić information content (AvgIpc) is 3.33. The van der Waals surface area contributed by atoms with Crippen LogP contribution < -0.4 is 5.32 Å². The van der Waals surface area contributed by atoms with Gasteiger partial charge >= 0.3 is 5.97 Å². The second-order valence-corrected chi connectivity index (χ2v) is 6.74. The van der Waals surface area contributed by atoms with E-state index in [2.05, 4.69) is 44.5 Å². The van der Waals surface area contributed by atoms with Crippen molar-refractivity contribution in [2.75, 3.05) is 19.0 Å². The molecule has 2 atom stereocenters. The third-order valence-electron chi connectivity index (χ3n) is 5.44. The quantitative estimate of drug-likeness (QED) is 0.876. The van der Waals surface area contributed by atoms with Gasteiger partial charge in [0.25, 0.3) is 0 Å². The maximum Gasteiger partial charge on any atom is 0.358 e. The molecule has 1 saturated carbocycles. The maximum atomic E-state index is 11.4. The molecule has 2 unspecified atom stereocenters. The Hall–Kier alpha value is -2.43. The lowest BCUT2D eigenvalue weighted by molar-refractivity contribution is 0.0593. The third kappa shape index (κ3) is 2.54. The number of anilines is 1. The summed E-state index contributed by atoms with van der Waals surface area (Å²) in [7, 11) is 1.34. The zero-order valence-corrected chi connectivity index (χ0v) is 13.8. The molecule has 2 aromatic rings. The molecule has 0 amide bonds. The lowest BCUT2D eigenvalue weighted by atomic mass is 9.78. The summed E-state index contributed by atoms with van der Waals surface area (Å²) in [4.78, 5) is 11.4. The number of carbonyl (C=O) groups excluding carboxylic acids is 1. The summed E-state index contributed by atoms with van der Waals surface area (Å²) >= 11 is 0. The molecule has 5 heteroatoms. The average molecular weight is 323 g/mol. The fourth-order valence-electron chi connectivity index (χ4n) is 4.11. The molecule has 1 aromatic carbocycles. The van der Waals surface area contributed by atoms with E-state index in [0.717, 1.165) is 6.54 Å². The van der Waals surface area contributed by atoms with Crippen LogP contribution in [-0.2, 0) is 16.6 Å². The summed E-state index contributed by atoms with van der Waals surface area (Å²) in [6.45, 7) is 0.889. The first-order valence-corrected chi connectivity index (χ1v) is 8.47. The highest BCUT2D eigenvalue weighted by Crippen LogP contribution is 2.60. The summed E-state index contributed by atoms with van der Waals surface area (Å²) in [5.41, 5.74) is 3.66. The molecular weight excluding hydrogens is 302 g/mol. The molecule has 2 aliphatic rings. The number of esters is 1. The number of aromatic nitrogens is 2. The summed E-state index contributed by atoms with van der Waals surface area (Å²) in [5, 5.41) is 11.3. The van der Waals surface area contributed by atoms with E-state index < -0.39 is 5.97 Å². The largest absolute Gasteiger partial charge is 0.464 e. The summed E-state index contributed by atoms with van der Waals surface area (Å²) in [6, 6.07) is 12.3. The minimum Gasteiger partial charge on any atom is -0.464 e. The van der Waals surface area contributed by atoms with E-state index in [4.69, 9.17) is 0 Å². The van der Waals surface area contributed by atoms with Crippen LogP contribution in [0.5, 0.6) is 0 Å². The topological polar surface area (TPSA) is 64.1 Å². The van der Waals surface area contributed by atoms with Crippen LogP contribution >= 0.6 is 0 Å². The normalized spacial score (nSPS) is 24.3. The number of nitrogens with zero attached hydrogens (tertiary/aromatic N) is 2. The van der Waals surface area contributed by atoms with Crippen LogP contribution in [0.2, 0.25) is 0 Å². The van der Waals surface area contributed by atoms with Crippen molar-refractivity contribution in [2.24, 2.45) is 5.92 Å². The van der Waals surface area contributed by atoms with Gasteiger partial charge in [-0.2, -0.15) is 0 Å². The van der Waals surface area contributed by atoms with Gasteiger partial charge in [-0.15, -0.1) is 10.2 Å². The zero-order valence-electron chi connectivity index (χ0n) is 13.8. The molecule has 0 radical (unpaired) electrons. The minimum atomic E-state index is -0.464. The fraction of sp³-hybridized carbons (Fsp3) is 0.421. The van der Waals surface area contributed by atoms with Crippen LogP contribution in [0, 0.1) is 5.92 Å². The molecule has 2 aliphatic carbocycles. The Labute approximate surface area is 141 Å². The summed E-state index contributed by atoms with van der Waals surface area (Å²) in [6.07, 6.45) is 5.01. The summed E-state index contributed by atoms with van der Waals surface area (Å²) < 4.78 is 4.63. The van der Waals surface area contributed by atoms with Crippen molar-refractivity contribution in [1.82, 2.24) is 10.2 Å². The Morgan fingerprint density at radius 3 is 2.96 bits per heavy atom. The lowest BCUT2D eigenvalue weighted by Gasteiger charge is -2.26. The molecule has 1 aromatic heterocycles. The summed E-state index contributed by atoms with van der Waals surface area (Å²) in [5.74, 6) is 0.879. The second kappa shape index (κ2) is 5.89. The third-order valence-corrected chi connectivity index (χ3v) is 5.44. The number of fused-ring (bicyclic) bond motifs is 2. The van der Waals surface area contributed by atoms with Crippen molar-refractivity contribution in [3.8, 4) is 0 Å². The van der Waals surface area contributed by atoms with Gasteiger partial charge in [0.1, 0.15) is 5.82 Å². The van der Waals surface area contributed by atoms with Crippen molar-refractivity contribution in [3.05, 3.63) is 53.2 Å². The van der Waals surface area contributed by atoms with Gasteiger partial charge in [-0.1, -0.05) is 24.3 Å². The molecule has 1 heterocycles. The number of methoxy groups -OCH3 is 1. The van der Waals surface area contributed by atoms with Crippen LogP contribution in [0.3, 0.4) is 0 Å². The van der Waals surface area contributed by atoms with Crippen molar-refractivity contribution >= 4 is 11.8 Å². The predicted octanol–water partition coefficient (Wildman–Crippen LogP) is 2.97. The van der Waals surface area contributed by atoms with Crippen molar-refractivity contribution in [2.45, 2.75) is 31.1 Å². The molecule has 5 nitrogen and oxygen atoms in total. The van der Waals surface area contributed by atoms with Crippen LogP contribution in [-0.4, -0.2) is 29.8 Å². The van der Waals surface area contributed by atoms with Gasteiger partial charge in [0, 0.05) is 12.0 Å². The second-order valence-electron chi connectivity index (χ2n) is 6.74. The van der Waals surface area contributed by atoms with Crippen molar-refractivity contribution in [1.29, 1.82) is 0 Å². The highest BCUT2D eigenvalue weighted by molar-refractivity contribution is 5.86. The fourth-order valence-corrected chi connectivity index (χ4v) is 4.11. The highest BCUT2D eigenvalue weighted by Gasteiger charge is 2.55. The SMILES string of the molecule is COC(=O)c1ccc(NCC2CC23CCCc2ccccc23)nn1. The molecule has 124 valence electrons. The molecule has 0 aliphatic heterocycles. The van der Waals surface area contributed by atoms with Crippen molar-refractivity contribution in [3.63, 3.8) is 0 Å². The predicted molar refractivity (Wildman–Crippen MR) is 91.0 cm³/mol. The van der Waals surface area contributed by atoms with Gasteiger partial charge in [0.15, 0.2) is 5.69 Å². The van der Waals surface area contributed by atoms with Crippen molar-refractivity contribution < 1.29 is 9.53 Å². The monoisotopic (exact) mass is 323 g/mol. The van der Waals surface area contributed by atoms with Gasteiger partial charge in [0.05, 0.1) is 7.11 Å². The number of ether oxygens (including phenoxy) is 1. The van der Waals surface area contributed by atoms with E-state index in [1.54, 1.807) is 17.7 Å². The van der Waals surface area contributed by atoms with E-state index in [1.165, 1.54) is 38.4 Å². The van der Waals surface area contributed by atoms with E-state index in [0.29, 0.717) is 17.2 Å². The van der Waals surface area contributed by atoms with Gasteiger partial charge < -0.3 is 10.1 Å². The van der Waals surface area contributed by atoms with Crippen LogP contribution in [0.1, 0.15) is 40.9 Å². The Morgan fingerprint density at radius 2 is 2.17 bits per heavy atom. The minimum absolute atomic E-state index is 0.229. The van der Waals surface area contributed by atoms with Crippen LogP contribution in [0.4, 0.5) is 5.82 Å². The molecule has 1 fully saturated rings. The number of hydrogen-bond acceptors (Lipinski definition) is 5. The van der Waals surface area contributed by atoms with E-state index in [9.17, 15) is 4.79 Å². The van der Waals surface area contributed by atoms with E-state index >= 15 is 0 Å². The number of hydrogen-bond donors (Lipinski definition) is 1. The van der Waals surface area contributed by atoms with E-state index in [1.807, 2.05) is 0 Å². The molecule has 1 spiro atoms. The van der Waals surface area contributed by atoms with Gasteiger partial charge in [0.2, 0.25) is 0 Å². The number of nitrogens with one attached hydrogen (secondary N) is 1. The van der Waals surface area contributed by atoms with Crippen LogP contribution in [0.25, 0.3) is 0 Å². The zero-order chi connectivity index (χ0) is 16.6. The first-order valence-electron chi connectivity index (χ1n) is 8.47. The van der Waals surface area contributed by atoms with Gasteiger partial charge in [-0.05, 0) is 54.9 Å². The van der Waals surface area contributed by atoms with Gasteiger partial charge in [-0.3, -0.25) is 0 Å². The molecule has 24 heavy (non-hydrogen) atoms. The number of benzene rings is 1. The molecular formula is C19H21N3O2. The number of carbonyl (C=O) groups is 1.